The molecule has 0 radical (unpaired) electrons. The van der Waals surface area contributed by atoms with Crippen LogP contribution in [0.3, 0.4) is 0 Å². The fourth-order valence-electron chi connectivity index (χ4n) is 8.74. The van der Waals surface area contributed by atoms with Gasteiger partial charge in [0, 0.05) is 41.7 Å². The maximum atomic E-state index is 11.8. The molecule has 0 unspecified atom stereocenters. The minimum absolute atomic E-state index is 0.473. The molecule has 2 N–H and O–H groups in total. The molecule has 3 saturated carbocycles. The number of benzene rings is 2. The van der Waals surface area contributed by atoms with E-state index in [4.69, 9.17) is 0 Å². The van der Waals surface area contributed by atoms with E-state index in [9.17, 15) is 4.79 Å². The van der Waals surface area contributed by atoms with Crippen molar-refractivity contribution < 1.29 is 4.79 Å². The van der Waals surface area contributed by atoms with Crippen molar-refractivity contribution in [3.63, 3.8) is 0 Å². The standard InChI is InChI=1S/C19H28O.C9H9N.C8H7N/c1-18-9-3-4-16(18)15-6-5-13-12-14(20)7-11-19(13,2)17(15)8-10-18;1-7-6-10-9-5-3-2-4-8(7)9;1-2-4-8-7(3-1)5-6-9-8/h3,9,13,15-17H,4-8,10-12H2,1-2H3;2-6,10H,1H3;1-6,9H/t13-,15-,16-,17-,18-,19-;;/m0../s1. The first-order chi connectivity index (χ1) is 18.9. The van der Waals surface area contributed by atoms with Crippen molar-refractivity contribution >= 4 is 27.6 Å². The quantitative estimate of drug-likeness (QED) is 0.223. The van der Waals surface area contributed by atoms with Crippen LogP contribution in [0.25, 0.3) is 21.8 Å². The van der Waals surface area contributed by atoms with E-state index in [1.54, 1.807) is 0 Å². The van der Waals surface area contributed by atoms with Gasteiger partial charge in [-0.15, -0.1) is 0 Å². The van der Waals surface area contributed by atoms with Crippen molar-refractivity contribution in [3.8, 4) is 0 Å². The molecule has 0 aliphatic heterocycles. The average molecular weight is 521 g/mol. The van der Waals surface area contributed by atoms with Gasteiger partial charge in [0.25, 0.3) is 0 Å². The first-order valence-corrected chi connectivity index (χ1v) is 15.1. The summed E-state index contributed by atoms with van der Waals surface area (Å²) in [6, 6.07) is 18.6. The van der Waals surface area contributed by atoms with Crippen LogP contribution in [-0.4, -0.2) is 15.8 Å². The van der Waals surface area contributed by atoms with Gasteiger partial charge < -0.3 is 9.97 Å². The lowest BCUT2D eigenvalue weighted by molar-refractivity contribution is -0.136. The van der Waals surface area contributed by atoms with Crippen molar-refractivity contribution in [1.29, 1.82) is 0 Å². The molecule has 0 amide bonds. The van der Waals surface area contributed by atoms with E-state index in [0.29, 0.717) is 22.5 Å². The third-order valence-corrected chi connectivity index (χ3v) is 11.1. The molecule has 3 heteroatoms. The summed E-state index contributed by atoms with van der Waals surface area (Å²) in [5.41, 5.74) is 4.71. The number of para-hydroxylation sites is 2. The van der Waals surface area contributed by atoms with Crippen LogP contribution in [0.1, 0.15) is 70.8 Å². The summed E-state index contributed by atoms with van der Waals surface area (Å²) in [7, 11) is 0. The zero-order valence-electron chi connectivity index (χ0n) is 23.9. The number of aromatic nitrogens is 2. The first-order valence-electron chi connectivity index (χ1n) is 15.1. The van der Waals surface area contributed by atoms with Gasteiger partial charge in [-0.2, -0.15) is 0 Å². The summed E-state index contributed by atoms with van der Waals surface area (Å²) in [5, 5.41) is 2.60. The third kappa shape index (κ3) is 4.90. The SMILES string of the molecule is C[C@]12CCC(=O)C[C@@H]1CC[C@@H]1[C@@H]2CC[C@]2(C)C=CC[C@@H]12.Cc1c[nH]c2ccccc12.c1ccc2[nH]ccc2c1. The van der Waals surface area contributed by atoms with Gasteiger partial charge in [-0.1, -0.05) is 62.4 Å². The fraction of sp³-hybridized carbons (Fsp3) is 0.472. The minimum Gasteiger partial charge on any atom is -0.361 e. The number of nitrogens with one attached hydrogen (secondary N) is 2. The van der Waals surface area contributed by atoms with Crippen molar-refractivity contribution in [2.45, 2.75) is 72.1 Å². The van der Waals surface area contributed by atoms with Crippen molar-refractivity contribution in [2.75, 3.05) is 0 Å². The number of hydrogen-bond acceptors (Lipinski definition) is 1. The Balaban J connectivity index is 0.000000121. The number of ketones is 1. The molecule has 0 saturated heterocycles. The Labute approximate surface area is 233 Å². The van der Waals surface area contributed by atoms with Crippen LogP contribution in [0.15, 0.2) is 79.1 Å². The summed E-state index contributed by atoms with van der Waals surface area (Å²) in [6.07, 6.45) is 18.7. The van der Waals surface area contributed by atoms with E-state index in [2.05, 4.69) is 79.3 Å². The van der Waals surface area contributed by atoms with E-state index < -0.39 is 0 Å². The third-order valence-electron chi connectivity index (χ3n) is 11.1. The molecule has 4 aliphatic carbocycles. The number of allylic oxidation sites excluding steroid dienone is 2. The number of carbonyl (C=O) groups excluding carboxylic acids is 1. The molecule has 2 aromatic carbocycles. The zero-order chi connectivity index (χ0) is 27.0. The number of fused-ring (bicyclic) bond motifs is 7. The summed E-state index contributed by atoms with van der Waals surface area (Å²) in [6.45, 7) is 7.14. The van der Waals surface area contributed by atoms with Gasteiger partial charge in [0.05, 0.1) is 0 Å². The van der Waals surface area contributed by atoms with E-state index in [-0.39, 0.29) is 0 Å². The number of rotatable bonds is 0. The fourth-order valence-corrected chi connectivity index (χ4v) is 8.74. The van der Waals surface area contributed by atoms with E-state index in [0.717, 1.165) is 30.6 Å². The maximum absolute atomic E-state index is 11.8. The lowest BCUT2D eigenvalue weighted by Gasteiger charge is -2.59. The predicted molar refractivity (Wildman–Crippen MR) is 163 cm³/mol. The van der Waals surface area contributed by atoms with Gasteiger partial charge in [0.15, 0.2) is 0 Å². The van der Waals surface area contributed by atoms with Gasteiger partial charge in [-0.3, -0.25) is 4.79 Å². The van der Waals surface area contributed by atoms with Crippen LogP contribution >= 0.6 is 0 Å². The minimum atomic E-state index is 0.473. The number of hydrogen-bond donors (Lipinski definition) is 2. The number of H-pyrrole nitrogens is 2. The largest absolute Gasteiger partial charge is 0.361 e. The monoisotopic (exact) mass is 520 g/mol. The molecule has 6 atom stereocenters. The highest BCUT2D eigenvalue weighted by Gasteiger charge is 2.56. The van der Waals surface area contributed by atoms with Gasteiger partial charge >= 0.3 is 0 Å². The normalized spacial score (nSPS) is 32.8. The summed E-state index contributed by atoms with van der Waals surface area (Å²) < 4.78 is 0. The number of aromatic amines is 2. The van der Waals surface area contributed by atoms with Crippen LogP contribution in [0.4, 0.5) is 0 Å². The Bertz CT molecular complexity index is 1450. The number of Topliss-reactive ketones (excluding diaryl/α,β-unsaturated/α-hetero) is 1. The zero-order valence-corrected chi connectivity index (χ0v) is 23.9. The lowest BCUT2D eigenvalue weighted by atomic mass is 9.45. The molecule has 3 nitrogen and oxygen atoms in total. The Morgan fingerprint density at radius 1 is 0.846 bits per heavy atom. The molecule has 204 valence electrons. The average Bonchev–Trinajstić information content (AvgIpc) is 3.68. The topological polar surface area (TPSA) is 48.6 Å². The first kappa shape index (κ1) is 26.2. The molecule has 0 spiro atoms. The molecule has 2 aromatic heterocycles. The van der Waals surface area contributed by atoms with Crippen LogP contribution in [0, 0.1) is 41.4 Å². The van der Waals surface area contributed by atoms with Crippen LogP contribution in [0.2, 0.25) is 0 Å². The molecule has 4 aromatic rings. The van der Waals surface area contributed by atoms with Gasteiger partial charge in [0.1, 0.15) is 5.78 Å². The smallest absolute Gasteiger partial charge is 0.133 e. The highest BCUT2D eigenvalue weighted by molar-refractivity contribution is 5.82. The Kier molecular flexibility index (Phi) is 7.04. The molecular formula is C36H44N2O. The second kappa shape index (κ2) is 10.5. The molecular weight excluding hydrogens is 476 g/mol. The van der Waals surface area contributed by atoms with Gasteiger partial charge in [0.2, 0.25) is 0 Å². The Morgan fingerprint density at radius 2 is 1.64 bits per heavy atom. The molecule has 39 heavy (non-hydrogen) atoms. The number of carbonyl (C=O) groups is 1. The Morgan fingerprint density at radius 3 is 2.46 bits per heavy atom. The second-order valence-electron chi connectivity index (χ2n) is 13.2. The van der Waals surface area contributed by atoms with E-state index in [1.165, 1.54) is 65.9 Å². The van der Waals surface area contributed by atoms with Gasteiger partial charge in [-0.05, 0) is 109 Å². The molecule has 8 rings (SSSR count). The second-order valence-corrected chi connectivity index (χ2v) is 13.2. The summed E-state index contributed by atoms with van der Waals surface area (Å²) in [5.74, 6) is 3.96. The number of aryl methyl sites for hydroxylation is 1. The predicted octanol–water partition coefficient (Wildman–Crippen LogP) is 9.41. The molecule has 3 fully saturated rings. The van der Waals surface area contributed by atoms with Crippen molar-refractivity contribution in [1.82, 2.24) is 9.97 Å². The van der Waals surface area contributed by atoms with Crippen molar-refractivity contribution in [2.24, 2.45) is 34.5 Å². The van der Waals surface area contributed by atoms with Crippen LogP contribution < -0.4 is 0 Å². The van der Waals surface area contributed by atoms with E-state index in [1.807, 2.05) is 30.6 Å². The highest BCUT2D eigenvalue weighted by atomic mass is 16.1. The molecule has 0 bridgehead atoms. The molecule has 2 heterocycles. The summed E-state index contributed by atoms with van der Waals surface area (Å²) >= 11 is 0. The van der Waals surface area contributed by atoms with E-state index >= 15 is 0 Å². The lowest BCUT2D eigenvalue weighted by Crippen LogP contribution is -2.52. The Hall–Kier alpha value is -3.07. The highest BCUT2D eigenvalue weighted by Crippen LogP contribution is 2.64. The van der Waals surface area contributed by atoms with Gasteiger partial charge in [-0.25, -0.2) is 0 Å². The van der Waals surface area contributed by atoms with Crippen LogP contribution in [0.5, 0.6) is 0 Å². The molecule has 4 aliphatic rings. The summed E-state index contributed by atoms with van der Waals surface area (Å²) in [4.78, 5) is 18.2. The van der Waals surface area contributed by atoms with Crippen LogP contribution in [-0.2, 0) is 4.79 Å². The van der Waals surface area contributed by atoms with Crippen molar-refractivity contribution in [3.05, 3.63) is 84.7 Å². The maximum Gasteiger partial charge on any atom is 0.133 e.